The van der Waals surface area contributed by atoms with Crippen LogP contribution in [0.25, 0.3) is 0 Å². The van der Waals surface area contributed by atoms with Crippen molar-refractivity contribution >= 4 is 17.5 Å². The van der Waals surface area contributed by atoms with E-state index in [0.717, 1.165) is 25.8 Å². The van der Waals surface area contributed by atoms with Crippen LogP contribution in [0.2, 0.25) is 5.02 Å². The maximum Gasteiger partial charge on any atom is 0.251 e. The first-order chi connectivity index (χ1) is 12.7. The molecule has 0 saturated carbocycles. The second kappa shape index (κ2) is 7.81. The van der Waals surface area contributed by atoms with E-state index in [2.05, 4.69) is 40.5 Å². The van der Waals surface area contributed by atoms with Gasteiger partial charge in [0.1, 0.15) is 0 Å². The maximum atomic E-state index is 12.5. The molecular formula is C22H25ClN2O. The van der Waals surface area contributed by atoms with E-state index in [4.69, 9.17) is 11.6 Å². The number of benzene rings is 2. The van der Waals surface area contributed by atoms with Gasteiger partial charge < -0.3 is 5.32 Å². The van der Waals surface area contributed by atoms with E-state index in [0.29, 0.717) is 22.7 Å². The molecule has 0 aromatic heterocycles. The van der Waals surface area contributed by atoms with E-state index in [1.807, 2.05) is 0 Å². The van der Waals surface area contributed by atoms with Gasteiger partial charge in [0.15, 0.2) is 0 Å². The van der Waals surface area contributed by atoms with E-state index in [1.165, 1.54) is 18.4 Å². The fourth-order valence-electron chi connectivity index (χ4n) is 4.53. The van der Waals surface area contributed by atoms with E-state index >= 15 is 0 Å². The zero-order chi connectivity index (χ0) is 17.9. The van der Waals surface area contributed by atoms with Crippen molar-refractivity contribution in [2.75, 3.05) is 6.54 Å². The minimum Gasteiger partial charge on any atom is -0.349 e. The number of nitrogens with zero attached hydrogens (tertiary/aromatic N) is 1. The number of hydrogen-bond donors (Lipinski definition) is 1. The molecule has 2 saturated heterocycles. The van der Waals surface area contributed by atoms with Gasteiger partial charge in [0.05, 0.1) is 0 Å². The lowest BCUT2D eigenvalue weighted by molar-refractivity contribution is 0.0848. The van der Waals surface area contributed by atoms with Crippen molar-refractivity contribution in [1.29, 1.82) is 0 Å². The Morgan fingerprint density at radius 2 is 1.65 bits per heavy atom. The van der Waals surface area contributed by atoms with Crippen LogP contribution in [0.1, 0.15) is 41.6 Å². The van der Waals surface area contributed by atoms with Crippen molar-refractivity contribution in [2.45, 2.75) is 50.2 Å². The molecule has 3 nitrogen and oxygen atoms in total. The molecule has 136 valence electrons. The topological polar surface area (TPSA) is 32.3 Å². The van der Waals surface area contributed by atoms with Crippen LogP contribution in [0, 0.1) is 0 Å². The molecule has 2 heterocycles. The lowest BCUT2D eigenvalue weighted by Crippen LogP contribution is -2.50. The first-order valence-electron chi connectivity index (χ1n) is 9.55. The lowest BCUT2D eigenvalue weighted by atomic mass is 9.96. The Balaban J connectivity index is 1.33. The highest BCUT2D eigenvalue weighted by Gasteiger charge is 2.40. The highest BCUT2D eigenvalue weighted by atomic mass is 35.5. The normalized spacial score (nSPS) is 25.2. The molecule has 2 fully saturated rings. The average Bonchev–Trinajstić information content (AvgIpc) is 2.90. The summed E-state index contributed by atoms with van der Waals surface area (Å²) < 4.78 is 0. The third-order valence-electron chi connectivity index (χ3n) is 5.83. The highest BCUT2D eigenvalue weighted by Crippen LogP contribution is 2.35. The quantitative estimate of drug-likeness (QED) is 0.852. The Hall–Kier alpha value is -1.84. The molecule has 2 atom stereocenters. The van der Waals surface area contributed by atoms with Gasteiger partial charge in [-0.25, -0.2) is 0 Å². The first-order valence-corrected chi connectivity index (χ1v) is 9.93. The van der Waals surface area contributed by atoms with Crippen LogP contribution in [0.15, 0.2) is 54.6 Å². The Morgan fingerprint density at radius 3 is 2.31 bits per heavy atom. The van der Waals surface area contributed by atoms with Gasteiger partial charge in [-0.2, -0.15) is 0 Å². The minimum atomic E-state index is 0.0174. The third kappa shape index (κ3) is 3.94. The van der Waals surface area contributed by atoms with Crippen molar-refractivity contribution in [3.05, 3.63) is 70.7 Å². The molecule has 0 aliphatic carbocycles. The van der Waals surface area contributed by atoms with Gasteiger partial charge in [-0.1, -0.05) is 41.9 Å². The van der Waals surface area contributed by atoms with Crippen LogP contribution in [0.3, 0.4) is 0 Å². The van der Waals surface area contributed by atoms with Gasteiger partial charge in [0.2, 0.25) is 0 Å². The summed E-state index contributed by atoms with van der Waals surface area (Å²) >= 11 is 5.91. The molecule has 2 aromatic carbocycles. The number of fused-ring (bicyclic) bond motifs is 2. The second-order valence-corrected chi connectivity index (χ2v) is 7.94. The number of halogens is 1. The number of rotatable bonds is 5. The number of carbonyl (C=O) groups excluding carboxylic acids is 1. The summed E-state index contributed by atoms with van der Waals surface area (Å²) in [6, 6.07) is 19.3. The molecule has 1 amide bonds. The minimum absolute atomic E-state index is 0.0174. The molecule has 4 heteroatoms. The second-order valence-electron chi connectivity index (χ2n) is 7.51. The van der Waals surface area contributed by atoms with Crippen LogP contribution in [-0.2, 0) is 6.42 Å². The summed E-state index contributed by atoms with van der Waals surface area (Å²) in [5, 5.41) is 3.90. The van der Waals surface area contributed by atoms with E-state index in [-0.39, 0.29) is 11.9 Å². The summed E-state index contributed by atoms with van der Waals surface area (Å²) in [6.45, 7) is 1.12. The van der Waals surface area contributed by atoms with Crippen LogP contribution in [0.5, 0.6) is 0 Å². The maximum absolute atomic E-state index is 12.5. The van der Waals surface area contributed by atoms with Crippen LogP contribution in [-0.4, -0.2) is 35.5 Å². The standard InChI is InChI=1S/C22H25ClN2O/c23-18-8-6-17(7-9-18)22(26)24-19-14-20-10-11-21(15-19)25(20)13-12-16-4-2-1-3-5-16/h1-9,19-21H,10-15H2,(H,24,26). The number of amides is 1. The van der Waals surface area contributed by atoms with Gasteiger partial charge in [-0.3, -0.25) is 9.69 Å². The van der Waals surface area contributed by atoms with Gasteiger partial charge >= 0.3 is 0 Å². The molecule has 2 bridgehead atoms. The van der Waals surface area contributed by atoms with Crippen LogP contribution in [0.4, 0.5) is 0 Å². The zero-order valence-electron chi connectivity index (χ0n) is 14.9. The average molecular weight is 369 g/mol. The predicted octanol–water partition coefficient (Wildman–Crippen LogP) is 4.31. The SMILES string of the molecule is O=C(NC1CC2CCC(C1)N2CCc1ccccc1)c1ccc(Cl)cc1. The van der Waals surface area contributed by atoms with Crippen molar-refractivity contribution in [2.24, 2.45) is 0 Å². The number of piperidine rings is 1. The van der Waals surface area contributed by atoms with Gasteiger partial charge in [0.25, 0.3) is 5.91 Å². The molecule has 4 rings (SSSR count). The summed E-state index contributed by atoms with van der Waals surface area (Å²) in [4.78, 5) is 15.2. The van der Waals surface area contributed by atoms with E-state index in [1.54, 1.807) is 24.3 Å². The smallest absolute Gasteiger partial charge is 0.251 e. The monoisotopic (exact) mass is 368 g/mol. The van der Waals surface area contributed by atoms with Gasteiger partial charge in [0, 0.05) is 35.3 Å². The summed E-state index contributed by atoms with van der Waals surface area (Å²) in [6.07, 6.45) is 5.74. The van der Waals surface area contributed by atoms with Crippen molar-refractivity contribution in [3.8, 4) is 0 Å². The summed E-state index contributed by atoms with van der Waals surface area (Å²) in [7, 11) is 0. The number of nitrogens with one attached hydrogen (secondary N) is 1. The summed E-state index contributed by atoms with van der Waals surface area (Å²) in [5.74, 6) is 0.0174. The van der Waals surface area contributed by atoms with Crippen molar-refractivity contribution in [1.82, 2.24) is 10.2 Å². The van der Waals surface area contributed by atoms with Crippen LogP contribution >= 0.6 is 11.6 Å². The molecule has 2 unspecified atom stereocenters. The number of hydrogen-bond acceptors (Lipinski definition) is 2. The zero-order valence-corrected chi connectivity index (χ0v) is 15.7. The van der Waals surface area contributed by atoms with Crippen LogP contribution < -0.4 is 5.32 Å². The van der Waals surface area contributed by atoms with E-state index < -0.39 is 0 Å². The molecule has 0 radical (unpaired) electrons. The number of carbonyl (C=O) groups is 1. The van der Waals surface area contributed by atoms with Crippen molar-refractivity contribution in [3.63, 3.8) is 0 Å². The Bertz CT molecular complexity index is 732. The Kier molecular flexibility index (Phi) is 5.28. The molecule has 2 aliphatic rings. The third-order valence-corrected chi connectivity index (χ3v) is 6.08. The Morgan fingerprint density at radius 1 is 1.00 bits per heavy atom. The summed E-state index contributed by atoms with van der Waals surface area (Å²) in [5.41, 5.74) is 2.10. The molecule has 26 heavy (non-hydrogen) atoms. The fourth-order valence-corrected chi connectivity index (χ4v) is 4.66. The molecule has 1 N–H and O–H groups in total. The van der Waals surface area contributed by atoms with Gasteiger partial charge in [-0.15, -0.1) is 0 Å². The predicted molar refractivity (Wildman–Crippen MR) is 106 cm³/mol. The lowest BCUT2D eigenvalue weighted by Gasteiger charge is -2.39. The largest absolute Gasteiger partial charge is 0.349 e. The molecule has 2 aliphatic heterocycles. The van der Waals surface area contributed by atoms with E-state index in [9.17, 15) is 4.79 Å². The van der Waals surface area contributed by atoms with Gasteiger partial charge in [-0.05, 0) is 61.9 Å². The first kappa shape index (κ1) is 17.6. The molecule has 0 spiro atoms. The van der Waals surface area contributed by atoms with Crippen molar-refractivity contribution < 1.29 is 4.79 Å². The molecule has 2 aromatic rings. The molecular weight excluding hydrogens is 344 g/mol. The fraction of sp³-hybridized carbons (Fsp3) is 0.409. The Labute approximate surface area is 160 Å². The highest BCUT2D eigenvalue weighted by molar-refractivity contribution is 6.30.